The Bertz CT molecular complexity index is 750. The number of anilines is 1. The Morgan fingerprint density at radius 1 is 1.00 bits per heavy atom. The molecule has 0 saturated carbocycles. The molecule has 0 atom stereocenters. The fraction of sp³-hybridized carbons (Fsp3) is 0.522. The Kier molecular flexibility index (Phi) is 10.7. The number of halogens is 1. The predicted octanol–water partition coefficient (Wildman–Crippen LogP) is 7.20. The maximum atomic E-state index is 12.2. The van der Waals surface area contributed by atoms with E-state index < -0.39 is 0 Å². The number of rotatable bonds is 13. The lowest BCUT2D eigenvalue weighted by atomic mass is 10.1. The highest BCUT2D eigenvalue weighted by atomic mass is 79.9. The average molecular weight is 462 g/mol. The first-order valence-corrected chi connectivity index (χ1v) is 11.4. The maximum absolute atomic E-state index is 12.2. The lowest BCUT2D eigenvalue weighted by Crippen LogP contribution is -2.11. The number of nitrogens with one attached hydrogen (secondary N) is 1. The van der Waals surface area contributed by atoms with E-state index in [0.29, 0.717) is 18.2 Å². The molecule has 5 nitrogen and oxygen atoms in total. The molecule has 0 aliphatic rings. The fourth-order valence-electron chi connectivity index (χ4n) is 3.11. The minimum atomic E-state index is 0.0669. The molecular weight excluding hydrogens is 430 g/mol. The van der Waals surface area contributed by atoms with Gasteiger partial charge < -0.3 is 10.1 Å². The quantitative estimate of drug-likeness (QED) is 0.320. The third kappa shape index (κ3) is 9.39. The summed E-state index contributed by atoms with van der Waals surface area (Å²) in [6.45, 7) is 4.18. The standard InChI is InChI=1S/C23H32BrN3O2/c1-3-4-5-6-7-8-9-10-11-12-22(28)27-20-13-14-21(18(2)15-20)29-23-25-16-19(24)17-26-23/h13-17H,3-12H2,1-2H3,(H,27,28). The Morgan fingerprint density at radius 2 is 1.62 bits per heavy atom. The van der Waals surface area contributed by atoms with Crippen molar-refractivity contribution in [3.63, 3.8) is 0 Å². The highest BCUT2D eigenvalue weighted by molar-refractivity contribution is 9.10. The molecule has 0 fully saturated rings. The predicted molar refractivity (Wildman–Crippen MR) is 121 cm³/mol. The summed E-state index contributed by atoms with van der Waals surface area (Å²) in [4.78, 5) is 20.4. The van der Waals surface area contributed by atoms with Crippen molar-refractivity contribution in [1.82, 2.24) is 9.97 Å². The summed E-state index contributed by atoms with van der Waals surface area (Å²) in [5.74, 6) is 0.738. The third-order valence-electron chi connectivity index (χ3n) is 4.76. The summed E-state index contributed by atoms with van der Waals surface area (Å²) in [6, 6.07) is 5.87. The van der Waals surface area contributed by atoms with Crippen LogP contribution in [0.1, 0.15) is 76.7 Å². The molecule has 158 valence electrons. The van der Waals surface area contributed by atoms with Gasteiger partial charge in [0.1, 0.15) is 5.75 Å². The van der Waals surface area contributed by atoms with Gasteiger partial charge in [-0.2, -0.15) is 0 Å². The van der Waals surface area contributed by atoms with Crippen LogP contribution in [0, 0.1) is 6.92 Å². The minimum absolute atomic E-state index is 0.0669. The number of aromatic nitrogens is 2. The Hall–Kier alpha value is -1.95. The van der Waals surface area contributed by atoms with Gasteiger partial charge in [0, 0.05) is 24.5 Å². The maximum Gasteiger partial charge on any atom is 0.321 e. The molecule has 2 rings (SSSR count). The van der Waals surface area contributed by atoms with Gasteiger partial charge in [0.05, 0.1) is 4.47 Å². The van der Waals surface area contributed by atoms with Crippen molar-refractivity contribution in [2.75, 3.05) is 5.32 Å². The number of ether oxygens (including phenoxy) is 1. The van der Waals surface area contributed by atoms with E-state index in [1.807, 2.05) is 25.1 Å². The van der Waals surface area contributed by atoms with Gasteiger partial charge in [-0.05, 0) is 53.0 Å². The largest absolute Gasteiger partial charge is 0.424 e. The van der Waals surface area contributed by atoms with E-state index in [1.54, 1.807) is 12.4 Å². The van der Waals surface area contributed by atoms with Crippen molar-refractivity contribution >= 4 is 27.5 Å². The second-order valence-corrected chi connectivity index (χ2v) is 8.31. The van der Waals surface area contributed by atoms with Gasteiger partial charge in [-0.15, -0.1) is 0 Å². The van der Waals surface area contributed by atoms with Crippen molar-refractivity contribution in [1.29, 1.82) is 0 Å². The number of hydrogen-bond acceptors (Lipinski definition) is 4. The Balaban J connectivity index is 1.67. The smallest absolute Gasteiger partial charge is 0.321 e. The Morgan fingerprint density at radius 3 is 2.24 bits per heavy atom. The summed E-state index contributed by atoms with van der Waals surface area (Å²) < 4.78 is 6.50. The molecule has 0 aliphatic heterocycles. The summed E-state index contributed by atoms with van der Waals surface area (Å²) in [7, 11) is 0. The van der Waals surface area contributed by atoms with Crippen LogP contribution >= 0.6 is 15.9 Å². The van der Waals surface area contributed by atoms with Crippen LogP contribution in [0.2, 0.25) is 0 Å². The molecule has 0 saturated heterocycles. The molecule has 1 amide bonds. The monoisotopic (exact) mass is 461 g/mol. The van der Waals surface area contributed by atoms with Crippen molar-refractivity contribution in [3.8, 4) is 11.8 Å². The number of aryl methyl sites for hydroxylation is 1. The number of amides is 1. The number of unbranched alkanes of at least 4 members (excludes halogenated alkanes) is 8. The van der Waals surface area contributed by atoms with Crippen molar-refractivity contribution in [3.05, 3.63) is 40.6 Å². The molecule has 0 spiro atoms. The van der Waals surface area contributed by atoms with E-state index in [9.17, 15) is 4.79 Å². The topological polar surface area (TPSA) is 64.1 Å². The average Bonchev–Trinajstić information content (AvgIpc) is 2.70. The number of carbonyl (C=O) groups is 1. The number of hydrogen-bond donors (Lipinski definition) is 1. The number of benzene rings is 1. The SMILES string of the molecule is CCCCCCCCCCCC(=O)Nc1ccc(Oc2ncc(Br)cn2)c(C)c1. The lowest BCUT2D eigenvalue weighted by molar-refractivity contribution is -0.116. The molecule has 0 aliphatic carbocycles. The molecule has 29 heavy (non-hydrogen) atoms. The minimum Gasteiger partial charge on any atom is -0.424 e. The zero-order valence-electron chi connectivity index (χ0n) is 17.5. The van der Waals surface area contributed by atoms with Gasteiger partial charge in [0.15, 0.2) is 0 Å². The van der Waals surface area contributed by atoms with E-state index in [2.05, 4.69) is 38.1 Å². The molecule has 0 bridgehead atoms. The first kappa shape index (κ1) is 23.3. The van der Waals surface area contributed by atoms with Crippen LogP contribution in [0.25, 0.3) is 0 Å². The van der Waals surface area contributed by atoms with Gasteiger partial charge >= 0.3 is 6.01 Å². The van der Waals surface area contributed by atoms with Gasteiger partial charge in [0.25, 0.3) is 0 Å². The highest BCUT2D eigenvalue weighted by Crippen LogP contribution is 2.26. The van der Waals surface area contributed by atoms with Gasteiger partial charge in [-0.25, -0.2) is 9.97 Å². The Labute approximate surface area is 182 Å². The van der Waals surface area contributed by atoms with Crippen molar-refractivity contribution < 1.29 is 9.53 Å². The summed E-state index contributed by atoms with van der Waals surface area (Å²) >= 11 is 3.30. The second-order valence-electron chi connectivity index (χ2n) is 7.39. The lowest BCUT2D eigenvalue weighted by Gasteiger charge is -2.10. The summed E-state index contributed by atoms with van der Waals surface area (Å²) in [6.07, 6.45) is 15.1. The highest BCUT2D eigenvalue weighted by Gasteiger charge is 2.07. The molecular formula is C23H32BrN3O2. The number of carbonyl (C=O) groups excluding carboxylic acids is 1. The van der Waals surface area contributed by atoms with E-state index in [1.165, 1.54) is 44.9 Å². The van der Waals surface area contributed by atoms with Gasteiger partial charge in [-0.3, -0.25) is 4.79 Å². The third-order valence-corrected chi connectivity index (χ3v) is 5.17. The molecule has 1 heterocycles. The summed E-state index contributed by atoms with van der Waals surface area (Å²) in [5, 5.41) is 2.97. The van der Waals surface area contributed by atoms with Gasteiger partial charge in [-0.1, -0.05) is 58.3 Å². The molecule has 0 radical (unpaired) electrons. The normalized spacial score (nSPS) is 10.7. The van der Waals surface area contributed by atoms with Crippen LogP contribution in [0.3, 0.4) is 0 Å². The van der Waals surface area contributed by atoms with E-state index in [4.69, 9.17) is 4.74 Å². The van der Waals surface area contributed by atoms with Crippen LogP contribution in [0.4, 0.5) is 5.69 Å². The molecule has 6 heteroatoms. The second kappa shape index (κ2) is 13.3. The molecule has 2 aromatic rings. The zero-order valence-corrected chi connectivity index (χ0v) is 19.1. The van der Waals surface area contributed by atoms with Crippen LogP contribution in [0.15, 0.2) is 35.1 Å². The first-order chi connectivity index (χ1) is 14.1. The van der Waals surface area contributed by atoms with E-state index >= 15 is 0 Å². The first-order valence-electron chi connectivity index (χ1n) is 10.6. The van der Waals surface area contributed by atoms with Crippen LogP contribution in [-0.2, 0) is 4.79 Å². The van der Waals surface area contributed by atoms with Crippen LogP contribution < -0.4 is 10.1 Å². The molecule has 0 unspecified atom stereocenters. The van der Waals surface area contributed by atoms with Crippen molar-refractivity contribution in [2.45, 2.75) is 78.1 Å². The van der Waals surface area contributed by atoms with Crippen molar-refractivity contribution in [2.24, 2.45) is 0 Å². The van der Waals surface area contributed by atoms with Crippen LogP contribution in [-0.4, -0.2) is 15.9 Å². The molecule has 1 aromatic heterocycles. The molecule has 1 N–H and O–H groups in total. The fourth-order valence-corrected chi connectivity index (χ4v) is 3.32. The van der Waals surface area contributed by atoms with Crippen LogP contribution in [0.5, 0.6) is 11.8 Å². The zero-order chi connectivity index (χ0) is 20.9. The van der Waals surface area contributed by atoms with Gasteiger partial charge in [0.2, 0.25) is 5.91 Å². The summed E-state index contributed by atoms with van der Waals surface area (Å²) in [5.41, 5.74) is 1.70. The number of nitrogens with zero attached hydrogens (tertiary/aromatic N) is 2. The molecule has 1 aromatic carbocycles. The van der Waals surface area contributed by atoms with E-state index in [0.717, 1.165) is 28.6 Å². The van der Waals surface area contributed by atoms with E-state index in [-0.39, 0.29) is 5.91 Å².